The van der Waals surface area contributed by atoms with E-state index < -0.39 is 0 Å². The third kappa shape index (κ3) is 3.72. The molecule has 2 heterocycles. The minimum Gasteiger partial charge on any atom is -0.311 e. The lowest BCUT2D eigenvalue weighted by Gasteiger charge is -2.47. The van der Waals surface area contributed by atoms with Crippen molar-refractivity contribution in [2.75, 3.05) is 13.1 Å². The number of nitrogens with one attached hydrogen (secondary N) is 1. The molecule has 1 aromatic rings. The number of halogens is 1. The molecule has 1 fully saturated rings. The number of rotatable bonds is 4. The Morgan fingerprint density at radius 1 is 1.53 bits per heavy atom. The largest absolute Gasteiger partial charge is 0.311 e. The normalized spacial score (nSPS) is 25.4. The SMILES string of the molecule is CCC(C)C1CN(Cc2ccc(Cl)s2)C(C)(C)CN1. The van der Waals surface area contributed by atoms with Gasteiger partial charge in [-0.1, -0.05) is 31.9 Å². The lowest BCUT2D eigenvalue weighted by molar-refractivity contribution is 0.0457. The number of hydrogen-bond acceptors (Lipinski definition) is 3. The molecule has 4 heteroatoms. The van der Waals surface area contributed by atoms with E-state index in [0.29, 0.717) is 6.04 Å². The molecule has 1 aliphatic rings. The van der Waals surface area contributed by atoms with Gasteiger partial charge < -0.3 is 5.32 Å². The molecule has 0 aromatic carbocycles. The third-order valence-electron chi connectivity index (χ3n) is 4.38. The van der Waals surface area contributed by atoms with Gasteiger partial charge in [-0.05, 0) is 31.9 Å². The van der Waals surface area contributed by atoms with Gasteiger partial charge in [-0.3, -0.25) is 4.90 Å². The van der Waals surface area contributed by atoms with Crippen LogP contribution in [0.5, 0.6) is 0 Å². The van der Waals surface area contributed by atoms with Crippen LogP contribution in [0.3, 0.4) is 0 Å². The molecule has 0 spiro atoms. The van der Waals surface area contributed by atoms with Crippen molar-refractivity contribution in [1.29, 1.82) is 0 Å². The van der Waals surface area contributed by atoms with Crippen LogP contribution in [-0.4, -0.2) is 29.6 Å². The van der Waals surface area contributed by atoms with Crippen LogP contribution < -0.4 is 5.32 Å². The summed E-state index contributed by atoms with van der Waals surface area (Å²) in [5.74, 6) is 0.727. The second-order valence-corrected chi connectivity index (χ2v) is 8.07. The minimum absolute atomic E-state index is 0.209. The van der Waals surface area contributed by atoms with Crippen LogP contribution in [0, 0.1) is 5.92 Å². The first kappa shape index (κ1) is 15.3. The average molecular weight is 301 g/mol. The maximum absolute atomic E-state index is 6.04. The summed E-state index contributed by atoms with van der Waals surface area (Å²) < 4.78 is 0.890. The molecule has 0 aliphatic carbocycles. The predicted molar refractivity (Wildman–Crippen MR) is 85.1 cm³/mol. The van der Waals surface area contributed by atoms with Gasteiger partial charge in [0.25, 0.3) is 0 Å². The molecule has 0 bridgehead atoms. The van der Waals surface area contributed by atoms with E-state index in [-0.39, 0.29) is 5.54 Å². The molecule has 0 amide bonds. The van der Waals surface area contributed by atoms with Crippen LogP contribution in [0.4, 0.5) is 0 Å². The van der Waals surface area contributed by atoms with Crippen LogP contribution in [0.15, 0.2) is 12.1 Å². The molecular weight excluding hydrogens is 276 g/mol. The second-order valence-electron chi connectivity index (χ2n) is 6.27. The van der Waals surface area contributed by atoms with Gasteiger partial charge in [0.05, 0.1) is 4.34 Å². The summed E-state index contributed by atoms with van der Waals surface area (Å²) >= 11 is 7.74. The van der Waals surface area contributed by atoms with Gasteiger partial charge in [0, 0.05) is 36.1 Å². The number of piperazine rings is 1. The van der Waals surface area contributed by atoms with Crippen LogP contribution in [-0.2, 0) is 6.54 Å². The molecule has 2 atom stereocenters. The summed E-state index contributed by atoms with van der Waals surface area (Å²) in [6, 6.07) is 4.76. The molecule has 1 aliphatic heterocycles. The van der Waals surface area contributed by atoms with E-state index in [1.807, 2.05) is 6.07 Å². The van der Waals surface area contributed by atoms with E-state index in [1.54, 1.807) is 11.3 Å². The highest BCUT2D eigenvalue weighted by Crippen LogP contribution is 2.28. The Bertz CT molecular complexity index is 416. The highest BCUT2D eigenvalue weighted by atomic mass is 35.5. The summed E-state index contributed by atoms with van der Waals surface area (Å²) in [4.78, 5) is 3.96. The number of nitrogens with zero attached hydrogens (tertiary/aromatic N) is 1. The zero-order valence-electron chi connectivity index (χ0n) is 12.4. The van der Waals surface area contributed by atoms with Crippen molar-refractivity contribution in [3.05, 3.63) is 21.3 Å². The quantitative estimate of drug-likeness (QED) is 0.904. The Hall–Kier alpha value is -0.0900. The molecule has 2 nitrogen and oxygen atoms in total. The first-order valence-electron chi connectivity index (χ1n) is 7.15. The average Bonchev–Trinajstić information content (AvgIpc) is 2.76. The highest BCUT2D eigenvalue weighted by molar-refractivity contribution is 7.16. The van der Waals surface area contributed by atoms with Gasteiger partial charge in [0.15, 0.2) is 0 Å². The Kier molecular flexibility index (Phi) is 4.93. The molecule has 2 unspecified atom stereocenters. The monoisotopic (exact) mass is 300 g/mol. The van der Waals surface area contributed by atoms with Crippen LogP contribution in [0.1, 0.15) is 39.0 Å². The summed E-state index contributed by atoms with van der Waals surface area (Å²) in [5.41, 5.74) is 0.209. The van der Waals surface area contributed by atoms with Gasteiger partial charge in [0.1, 0.15) is 0 Å². The molecule has 1 saturated heterocycles. The molecule has 19 heavy (non-hydrogen) atoms. The topological polar surface area (TPSA) is 15.3 Å². The zero-order chi connectivity index (χ0) is 14.0. The van der Waals surface area contributed by atoms with E-state index >= 15 is 0 Å². The zero-order valence-corrected chi connectivity index (χ0v) is 13.9. The van der Waals surface area contributed by atoms with Crippen molar-refractivity contribution in [1.82, 2.24) is 10.2 Å². The van der Waals surface area contributed by atoms with Crippen molar-refractivity contribution in [3.63, 3.8) is 0 Å². The van der Waals surface area contributed by atoms with Crippen LogP contribution in [0.25, 0.3) is 0 Å². The Balaban J connectivity index is 2.06. The van der Waals surface area contributed by atoms with E-state index in [0.717, 1.165) is 29.9 Å². The summed E-state index contributed by atoms with van der Waals surface area (Å²) in [7, 11) is 0. The highest BCUT2D eigenvalue weighted by Gasteiger charge is 2.35. The molecule has 1 aromatic heterocycles. The van der Waals surface area contributed by atoms with Crippen LogP contribution >= 0.6 is 22.9 Å². The molecular formula is C15H25ClN2S. The summed E-state index contributed by atoms with van der Waals surface area (Å²) in [5, 5.41) is 3.72. The lowest BCUT2D eigenvalue weighted by Crippen LogP contribution is -2.62. The van der Waals surface area contributed by atoms with Gasteiger partial charge >= 0.3 is 0 Å². The smallest absolute Gasteiger partial charge is 0.0931 e. The number of hydrogen-bond donors (Lipinski definition) is 1. The molecule has 2 rings (SSSR count). The van der Waals surface area contributed by atoms with Crippen molar-refractivity contribution in [2.45, 2.75) is 52.2 Å². The maximum atomic E-state index is 6.04. The van der Waals surface area contributed by atoms with Gasteiger partial charge in [-0.15, -0.1) is 11.3 Å². The van der Waals surface area contributed by atoms with Crippen molar-refractivity contribution >= 4 is 22.9 Å². The first-order valence-corrected chi connectivity index (χ1v) is 8.34. The fraction of sp³-hybridized carbons (Fsp3) is 0.733. The van der Waals surface area contributed by atoms with Crippen LogP contribution in [0.2, 0.25) is 4.34 Å². The minimum atomic E-state index is 0.209. The summed E-state index contributed by atoms with van der Waals surface area (Å²) in [6.07, 6.45) is 1.23. The lowest BCUT2D eigenvalue weighted by atomic mass is 9.91. The second kappa shape index (κ2) is 6.13. The van der Waals surface area contributed by atoms with E-state index in [2.05, 4.69) is 44.0 Å². The van der Waals surface area contributed by atoms with Crippen molar-refractivity contribution in [3.8, 4) is 0 Å². The van der Waals surface area contributed by atoms with Gasteiger partial charge in [-0.2, -0.15) is 0 Å². The van der Waals surface area contributed by atoms with Crippen molar-refractivity contribution < 1.29 is 0 Å². The van der Waals surface area contributed by atoms with E-state index in [9.17, 15) is 0 Å². The van der Waals surface area contributed by atoms with Crippen molar-refractivity contribution in [2.24, 2.45) is 5.92 Å². The fourth-order valence-electron chi connectivity index (χ4n) is 2.61. The molecule has 108 valence electrons. The first-order chi connectivity index (χ1) is 8.92. The maximum Gasteiger partial charge on any atom is 0.0931 e. The fourth-order valence-corrected chi connectivity index (χ4v) is 3.71. The Morgan fingerprint density at radius 2 is 2.26 bits per heavy atom. The van der Waals surface area contributed by atoms with Gasteiger partial charge in [-0.25, -0.2) is 0 Å². The molecule has 0 saturated carbocycles. The summed E-state index contributed by atoms with van der Waals surface area (Å²) in [6.45, 7) is 12.5. The van der Waals surface area contributed by atoms with Gasteiger partial charge in [0.2, 0.25) is 0 Å². The Labute approximate surface area is 126 Å². The van der Waals surface area contributed by atoms with E-state index in [1.165, 1.54) is 11.3 Å². The standard InChI is InChI=1S/C15H25ClN2S/c1-5-11(2)13-9-18(15(3,4)10-17-13)8-12-6-7-14(16)19-12/h6-7,11,13,17H,5,8-10H2,1-4H3. The Morgan fingerprint density at radius 3 is 2.84 bits per heavy atom. The molecule has 1 N–H and O–H groups in total. The van der Waals surface area contributed by atoms with E-state index in [4.69, 9.17) is 11.6 Å². The predicted octanol–water partition coefficient (Wildman–Crippen LogP) is 4.00. The third-order valence-corrected chi connectivity index (χ3v) is 5.59. The molecule has 0 radical (unpaired) electrons. The number of thiophene rings is 1.